The molecular formula is C37H45N3O8. The molecule has 3 aliphatic heterocycles. The number of nitrogens with zero attached hydrogens (tertiary/aromatic N) is 2. The van der Waals surface area contributed by atoms with Crippen LogP contribution in [0.2, 0.25) is 0 Å². The first kappa shape index (κ1) is 34.8. The van der Waals surface area contributed by atoms with E-state index in [1.165, 1.54) is 4.90 Å². The van der Waals surface area contributed by atoms with Crippen LogP contribution >= 0.6 is 0 Å². The van der Waals surface area contributed by atoms with Gasteiger partial charge in [0.05, 0.1) is 31.1 Å². The Hall–Kier alpha value is -4.48. The Morgan fingerprint density at radius 1 is 1.15 bits per heavy atom. The largest absolute Gasteiger partial charge is 0.497 e. The molecule has 11 nitrogen and oxygen atoms in total. The second-order valence-electron chi connectivity index (χ2n) is 12.6. The Kier molecular flexibility index (Phi) is 11.0. The molecule has 2 aromatic carbocycles. The number of hydrogen-bond acceptors (Lipinski definition) is 8. The summed E-state index contributed by atoms with van der Waals surface area (Å²) in [4.78, 5) is 58.8. The molecule has 5 rings (SSSR count). The third-order valence-corrected chi connectivity index (χ3v) is 9.61. The van der Waals surface area contributed by atoms with Crippen LogP contribution in [-0.2, 0) is 28.7 Å². The summed E-state index contributed by atoms with van der Waals surface area (Å²) in [6.07, 6.45) is 3.71. The van der Waals surface area contributed by atoms with Gasteiger partial charge in [-0.1, -0.05) is 42.5 Å². The van der Waals surface area contributed by atoms with Gasteiger partial charge < -0.3 is 34.4 Å². The number of ether oxygens (including phenoxy) is 3. The lowest BCUT2D eigenvalue weighted by atomic mass is 9.70. The highest BCUT2D eigenvalue weighted by Crippen LogP contribution is 2.59. The molecule has 2 N–H and O–H groups in total. The Bertz CT molecular complexity index is 1500. The number of allylic oxidation sites excluding steroid dienone is 1. The molecule has 0 unspecified atom stereocenters. The number of aliphatic hydroxyl groups excluding tert-OH is 1. The monoisotopic (exact) mass is 659 g/mol. The number of hydrogen-bond donors (Lipinski definition) is 2. The Morgan fingerprint density at radius 3 is 2.52 bits per heavy atom. The zero-order chi connectivity index (χ0) is 34.4. The molecule has 0 radical (unpaired) electrons. The van der Waals surface area contributed by atoms with E-state index in [1.807, 2.05) is 30.3 Å². The summed E-state index contributed by atoms with van der Waals surface area (Å²) in [7, 11) is 1.56. The van der Waals surface area contributed by atoms with Gasteiger partial charge in [0.15, 0.2) is 0 Å². The average Bonchev–Trinajstić information content (AvgIpc) is 3.74. The van der Waals surface area contributed by atoms with Crippen molar-refractivity contribution in [2.45, 2.75) is 68.9 Å². The van der Waals surface area contributed by atoms with Crippen molar-refractivity contribution in [3.63, 3.8) is 0 Å². The van der Waals surface area contributed by atoms with Crippen LogP contribution in [-0.4, -0.2) is 84.3 Å². The molecule has 256 valence electrons. The van der Waals surface area contributed by atoms with Gasteiger partial charge >= 0.3 is 5.97 Å². The van der Waals surface area contributed by atoms with Crippen molar-refractivity contribution in [2.75, 3.05) is 31.7 Å². The second-order valence-corrected chi connectivity index (χ2v) is 12.6. The topological polar surface area (TPSA) is 135 Å². The number of anilines is 1. The maximum Gasteiger partial charge on any atom is 0.313 e. The SMILES string of the molecule is C=CCCC(=O)N[C@@H](C)[C@H](OC(=O)[C@@H]1[C@H]2C(=O)N(CCCO)[C@H](C(=O)N(CC=C)c3ccc(OC)cc3)[C@]23CC[C@H]1O3)c1ccccc1. The number of amides is 3. The highest BCUT2D eigenvalue weighted by molar-refractivity contribution is 6.04. The van der Waals surface area contributed by atoms with E-state index < -0.39 is 47.7 Å². The van der Waals surface area contributed by atoms with Gasteiger partial charge in [0.2, 0.25) is 11.8 Å². The number of carbonyl (C=O) groups excluding carboxylic acids is 4. The van der Waals surface area contributed by atoms with E-state index >= 15 is 0 Å². The molecule has 48 heavy (non-hydrogen) atoms. The van der Waals surface area contributed by atoms with Gasteiger partial charge in [-0.25, -0.2) is 0 Å². The van der Waals surface area contributed by atoms with Gasteiger partial charge in [0.1, 0.15) is 23.5 Å². The predicted octanol–water partition coefficient (Wildman–Crippen LogP) is 3.73. The zero-order valence-corrected chi connectivity index (χ0v) is 27.6. The highest BCUT2D eigenvalue weighted by atomic mass is 16.6. The number of methoxy groups -OCH3 is 1. The third-order valence-electron chi connectivity index (χ3n) is 9.61. The van der Waals surface area contributed by atoms with Crippen molar-refractivity contribution >= 4 is 29.4 Å². The predicted molar refractivity (Wildman–Crippen MR) is 179 cm³/mol. The molecule has 3 aliphatic rings. The normalized spacial score (nSPS) is 25.1. The minimum Gasteiger partial charge on any atom is -0.497 e. The number of rotatable bonds is 16. The summed E-state index contributed by atoms with van der Waals surface area (Å²) >= 11 is 0. The molecule has 0 aromatic heterocycles. The Labute approximate surface area is 281 Å². The summed E-state index contributed by atoms with van der Waals surface area (Å²) in [6.45, 7) is 9.40. The van der Waals surface area contributed by atoms with Gasteiger partial charge in [-0.15, -0.1) is 13.2 Å². The van der Waals surface area contributed by atoms with Crippen molar-refractivity contribution in [1.82, 2.24) is 10.2 Å². The van der Waals surface area contributed by atoms with Crippen molar-refractivity contribution in [1.29, 1.82) is 0 Å². The van der Waals surface area contributed by atoms with Crippen molar-refractivity contribution in [3.05, 3.63) is 85.5 Å². The molecule has 1 spiro atoms. The van der Waals surface area contributed by atoms with Crippen LogP contribution in [0.5, 0.6) is 5.75 Å². The first-order chi connectivity index (χ1) is 23.2. The molecule has 3 heterocycles. The Morgan fingerprint density at radius 2 is 1.88 bits per heavy atom. The summed E-state index contributed by atoms with van der Waals surface area (Å²) in [5, 5.41) is 12.6. The number of esters is 1. The summed E-state index contributed by atoms with van der Waals surface area (Å²) in [6, 6.07) is 14.6. The van der Waals surface area contributed by atoms with Crippen molar-refractivity contribution < 1.29 is 38.5 Å². The summed E-state index contributed by atoms with van der Waals surface area (Å²) in [5.41, 5.74) is 0.0286. The first-order valence-corrected chi connectivity index (χ1v) is 16.5. The maximum absolute atomic E-state index is 14.6. The molecule has 2 aromatic rings. The fourth-order valence-corrected chi connectivity index (χ4v) is 7.48. The van der Waals surface area contributed by atoms with Crippen LogP contribution < -0.4 is 15.0 Å². The minimum atomic E-state index is -1.25. The van der Waals surface area contributed by atoms with Crippen molar-refractivity contribution in [3.8, 4) is 5.75 Å². The molecular weight excluding hydrogens is 614 g/mol. The summed E-state index contributed by atoms with van der Waals surface area (Å²) < 4.78 is 18.1. The average molecular weight is 660 g/mol. The number of fused-ring (bicyclic) bond motifs is 1. The van der Waals surface area contributed by atoms with Crippen LogP contribution in [0, 0.1) is 11.8 Å². The molecule has 3 fully saturated rings. The molecule has 0 aliphatic carbocycles. The highest BCUT2D eigenvalue weighted by Gasteiger charge is 2.75. The second kappa shape index (κ2) is 15.2. The van der Waals surface area contributed by atoms with Gasteiger partial charge in [-0.2, -0.15) is 0 Å². The number of likely N-dealkylation sites (tertiary alicyclic amines) is 1. The minimum absolute atomic E-state index is 0.116. The van der Waals surface area contributed by atoms with E-state index in [1.54, 1.807) is 55.4 Å². The quantitative estimate of drug-likeness (QED) is 0.206. The van der Waals surface area contributed by atoms with Gasteiger partial charge in [0, 0.05) is 31.8 Å². The molecule has 0 saturated carbocycles. The number of carbonyl (C=O) groups is 4. The van der Waals surface area contributed by atoms with E-state index in [2.05, 4.69) is 18.5 Å². The molecule has 11 heteroatoms. The molecule has 3 amide bonds. The number of aliphatic hydroxyl groups is 1. The van der Waals surface area contributed by atoms with E-state index in [4.69, 9.17) is 14.2 Å². The molecule has 7 atom stereocenters. The summed E-state index contributed by atoms with van der Waals surface area (Å²) in [5.74, 6) is -2.83. The smallest absolute Gasteiger partial charge is 0.313 e. The van der Waals surface area contributed by atoms with E-state index in [9.17, 15) is 24.3 Å². The van der Waals surface area contributed by atoms with E-state index in [-0.39, 0.29) is 50.3 Å². The maximum atomic E-state index is 14.6. The van der Waals surface area contributed by atoms with Gasteiger partial charge in [-0.05, 0) is 62.4 Å². The van der Waals surface area contributed by atoms with Crippen LogP contribution in [0.3, 0.4) is 0 Å². The lowest BCUT2D eigenvalue weighted by molar-refractivity contribution is -0.162. The molecule has 2 bridgehead atoms. The Balaban J connectivity index is 1.46. The lowest BCUT2D eigenvalue weighted by Gasteiger charge is -2.36. The van der Waals surface area contributed by atoms with Crippen LogP contribution in [0.1, 0.15) is 50.7 Å². The van der Waals surface area contributed by atoms with Gasteiger partial charge in [-0.3, -0.25) is 19.2 Å². The number of benzene rings is 2. The van der Waals surface area contributed by atoms with Crippen molar-refractivity contribution in [2.24, 2.45) is 11.8 Å². The van der Waals surface area contributed by atoms with Crippen LogP contribution in [0.15, 0.2) is 79.9 Å². The van der Waals surface area contributed by atoms with Crippen LogP contribution in [0.25, 0.3) is 0 Å². The fourth-order valence-electron chi connectivity index (χ4n) is 7.48. The number of nitrogens with one attached hydrogen (secondary N) is 1. The third kappa shape index (κ3) is 6.61. The van der Waals surface area contributed by atoms with E-state index in [0.717, 1.165) is 0 Å². The lowest BCUT2D eigenvalue weighted by Crippen LogP contribution is -2.56. The first-order valence-electron chi connectivity index (χ1n) is 16.5. The van der Waals surface area contributed by atoms with Crippen LogP contribution in [0.4, 0.5) is 5.69 Å². The zero-order valence-electron chi connectivity index (χ0n) is 27.6. The van der Waals surface area contributed by atoms with Gasteiger partial charge in [0.25, 0.3) is 5.91 Å². The van der Waals surface area contributed by atoms with E-state index in [0.29, 0.717) is 36.3 Å². The molecule has 3 saturated heterocycles. The fraction of sp³-hybridized carbons (Fsp3) is 0.459. The standard InChI is InChI=1S/C37H45N3O8/c1-5-7-14-29(42)38-24(3)32(25-12-9-8-10-13-25)47-36(45)30-28-19-20-37(48-28)31(30)34(43)40(22-11-23-41)33(37)35(44)39(21-6-2)26-15-17-27(46-4)18-16-26/h5-6,8-10,12-13,15-18,24,28,30-33,41H,1-2,7,11,14,19-23H2,3-4H3,(H,38,42)/t24-,28+,30-,31-,32-,33+,37-/m0/s1.